The minimum absolute atomic E-state index is 0.206. The van der Waals surface area contributed by atoms with Gasteiger partial charge in [-0.15, -0.1) is 0 Å². The number of aliphatic imine (C=N–C) groups is 1. The maximum atomic E-state index is 13.6. The molecule has 2 N–H and O–H groups in total. The van der Waals surface area contributed by atoms with Crippen molar-refractivity contribution in [2.24, 2.45) is 4.99 Å². The van der Waals surface area contributed by atoms with Crippen molar-refractivity contribution in [3.05, 3.63) is 102 Å². The molecular formula is C30H32N4O4. The number of hydrogen-bond donors (Lipinski definition) is 2. The topological polar surface area (TPSA) is 100 Å². The molecule has 0 bridgehead atoms. The first-order chi connectivity index (χ1) is 18.1. The van der Waals surface area contributed by atoms with Crippen molar-refractivity contribution >= 4 is 29.3 Å². The maximum absolute atomic E-state index is 13.6. The molecule has 2 atom stereocenters. The molecule has 4 rings (SSSR count). The van der Waals surface area contributed by atoms with Crippen LogP contribution in [0.3, 0.4) is 0 Å². The van der Waals surface area contributed by atoms with E-state index in [1.54, 1.807) is 27.8 Å². The number of benzene rings is 3. The second-order valence-corrected chi connectivity index (χ2v) is 10.1. The lowest BCUT2D eigenvalue weighted by Crippen LogP contribution is -2.54. The number of hydrogen-bond acceptors (Lipinski definition) is 5. The minimum atomic E-state index is -1.20. The molecule has 0 unspecified atom stereocenters. The molecule has 3 amide bonds. The molecule has 0 aromatic heterocycles. The third kappa shape index (κ3) is 6.45. The van der Waals surface area contributed by atoms with E-state index in [2.05, 4.69) is 10.6 Å². The average Bonchev–Trinajstić information content (AvgIpc) is 2.99. The number of rotatable bonds is 6. The third-order valence-corrected chi connectivity index (χ3v) is 5.96. The predicted molar refractivity (Wildman–Crippen MR) is 147 cm³/mol. The summed E-state index contributed by atoms with van der Waals surface area (Å²) in [5, 5.41) is 5.44. The number of para-hydroxylation sites is 1. The van der Waals surface area contributed by atoms with Crippen LogP contribution in [0.2, 0.25) is 0 Å². The van der Waals surface area contributed by atoms with Gasteiger partial charge in [-0.3, -0.25) is 9.59 Å². The van der Waals surface area contributed by atoms with E-state index in [0.29, 0.717) is 11.4 Å². The molecule has 0 fully saturated rings. The van der Waals surface area contributed by atoms with E-state index in [4.69, 9.17) is 9.73 Å². The molecule has 8 heteroatoms. The van der Waals surface area contributed by atoms with Gasteiger partial charge in [0.25, 0.3) is 5.91 Å². The van der Waals surface area contributed by atoms with Crippen LogP contribution in [0, 0.1) is 0 Å². The molecule has 8 nitrogen and oxygen atoms in total. The summed E-state index contributed by atoms with van der Waals surface area (Å²) in [6.45, 7) is 5.24. The predicted octanol–water partition coefficient (Wildman–Crippen LogP) is 4.08. The number of carbonyl (C=O) groups excluding carboxylic acids is 3. The van der Waals surface area contributed by atoms with Crippen molar-refractivity contribution in [1.82, 2.24) is 10.6 Å². The van der Waals surface area contributed by atoms with E-state index in [-0.39, 0.29) is 6.42 Å². The number of alkyl carbamates (subject to hydrolysis) is 1. The van der Waals surface area contributed by atoms with Crippen LogP contribution in [0.25, 0.3) is 0 Å². The first kappa shape index (κ1) is 26.6. The summed E-state index contributed by atoms with van der Waals surface area (Å²) in [5.41, 5.74) is 2.97. The van der Waals surface area contributed by atoms with E-state index in [1.807, 2.05) is 84.9 Å². The molecule has 0 spiro atoms. The summed E-state index contributed by atoms with van der Waals surface area (Å²) in [5.74, 6) is -0.943. The van der Waals surface area contributed by atoms with Crippen molar-refractivity contribution < 1.29 is 19.1 Å². The van der Waals surface area contributed by atoms with Crippen LogP contribution in [0.5, 0.6) is 0 Å². The van der Waals surface area contributed by atoms with Crippen LogP contribution in [-0.4, -0.2) is 48.5 Å². The molecule has 3 aromatic rings. The molecule has 0 saturated carbocycles. The van der Waals surface area contributed by atoms with Gasteiger partial charge in [-0.25, -0.2) is 9.79 Å². The zero-order valence-electron chi connectivity index (χ0n) is 22.0. The second-order valence-electron chi connectivity index (χ2n) is 10.1. The SMILES string of the molecule is CN1C(=O)[C@H](NC(=O)[C@@H](Cc2ccccc2)NC(=O)OC(C)(C)C)N=C(c2ccccc2)c2ccccc21. The molecule has 1 aliphatic rings. The lowest BCUT2D eigenvalue weighted by atomic mass is 10.0. The number of carbonyl (C=O) groups is 3. The number of anilines is 1. The summed E-state index contributed by atoms with van der Waals surface area (Å²) >= 11 is 0. The van der Waals surface area contributed by atoms with Gasteiger partial charge in [0.05, 0.1) is 11.4 Å². The highest BCUT2D eigenvalue weighted by molar-refractivity contribution is 6.20. The monoisotopic (exact) mass is 512 g/mol. The fourth-order valence-electron chi connectivity index (χ4n) is 4.19. The van der Waals surface area contributed by atoms with Crippen LogP contribution in [0.15, 0.2) is 89.9 Å². The molecule has 0 saturated heterocycles. The Balaban J connectivity index is 1.66. The fraction of sp³-hybridized carbons (Fsp3) is 0.267. The van der Waals surface area contributed by atoms with E-state index in [0.717, 1.165) is 16.7 Å². The van der Waals surface area contributed by atoms with Gasteiger partial charge >= 0.3 is 6.09 Å². The van der Waals surface area contributed by atoms with Crippen molar-refractivity contribution in [3.8, 4) is 0 Å². The Hall–Kier alpha value is -4.46. The highest BCUT2D eigenvalue weighted by atomic mass is 16.6. The molecular weight excluding hydrogens is 480 g/mol. The van der Waals surface area contributed by atoms with Crippen LogP contribution < -0.4 is 15.5 Å². The number of nitrogens with zero attached hydrogens (tertiary/aromatic N) is 2. The quantitative estimate of drug-likeness (QED) is 0.520. The number of nitrogens with one attached hydrogen (secondary N) is 2. The standard InChI is InChI=1S/C30H32N4O4/c1-30(2,3)38-29(37)31-23(19-20-13-7-5-8-14-20)27(35)33-26-28(36)34(4)24-18-12-11-17-22(24)25(32-26)21-15-9-6-10-16-21/h5-18,23,26H,19H2,1-4H3,(H,31,37)(H,33,35)/t23-,26+/m1/s1. The van der Waals surface area contributed by atoms with Crippen molar-refractivity contribution in [1.29, 1.82) is 0 Å². The van der Waals surface area contributed by atoms with E-state index in [1.165, 1.54) is 4.90 Å². The summed E-state index contributed by atoms with van der Waals surface area (Å²) in [7, 11) is 1.66. The molecule has 196 valence electrons. The summed E-state index contributed by atoms with van der Waals surface area (Å²) < 4.78 is 5.39. The zero-order valence-corrected chi connectivity index (χ0v) is 22.0. The molecule has 0 radical (unpaired) electrons. The van der Waals surface area contributed by atoms with Crippen LogP contribution >= 0.6 is 0 Å². The second kappa shape index (κ2) is 11.3. The number of amides is 3. The Morgan fingerprint density at radius 2 is 1.55 bits per heavy atom. The highest BCUT2D eigenvalue weighted by Crippen LogP contribution is 2.27. The Bertz CT molecular complexity index is 1330. The lowest BCUT2D eigenvalue weighted by molar-refractivity contribution is -0.128. The molecule has 3 aromatic carbocycles. The fourth-order valence-corrected chi connectivity index (χ4v) is 4.19. The van der Waals surface area contributed by atoms with Gasteiger partial charge < -0.3 is 20.3 Å². The zero-order chi connectivity index (χ0) is 27.3. The van der Waals surface area contributed by atoms with Crippen LogP contribution in [-0.2, 0) is 20.7 Å². The summed E-state index contributed by atoms with van der Waals surface area (Å²) in [6, 6.07) is 25.3. The molecule has 1 heterocycles. The van der Waals surface area contributed by atoms with Gasteiger partial charge in [-0.1, -0.05) is 78.9 Å². The number of ether oxygens (including phenoxy) is 1. The largest absolute Gasteiger partial charge is 0.444 e. The number of benzodiazepines with no additional fused rings is 1. The van der Waals surface area contributed by atoms with Gasteiger partial charge in [0.2, 0.25) is 12.1 Å². The van der Waals surface area contributed by atoms with Gasteiger partial charge in [0.15, 0.2) is 0 Å². The minimum Gasteiger partial charge on any atom is -0.444 e. The Kier molecular flexibility index (Phi) is 7.90. The first-order valence-corrected chi connectivity index (χ1v) is 12.5. The van der Waals surface area contributed by atoms with E-state index >= 15 is 0 Å². The van der Waals surface area contributed by atoms with Crippen LogP contribution in [0.1, 0.15) is 37.5 Å². The highest BCUT2D eigenvalue weighted by Gasteiger charge is 2.33. The Labute approximate surface area is 222 Å². The molecule has 38 heavy (non-hydrogen) atoms. The van der Waals surface area contributed by atoms with Gasteiger partial charge in [-0.2, -0.15) is 0 Å². The normalized spacial score (nSPS) is 16.0. The maximum Gasteiger partial charge on any atom is 0.408 e. The van der Waals surface area contributed by atoms with Gasteiger partial charge in [0, 0.05) is 24.6 Å². The van der Waals surface area contributed by atoms with Crippen molar-refractivity contribution in [3.63, 3.8) is 0 Å². The first-order valence-electron chi connectivity index (χ1n) is 12.5. The third-order valence-electron chi connectivity index (χ3n) is 5.96. The Morgan fingerprint density at radius 3 is 2.21 bits per heavy atom. The number of fused-ring (bicyclic) bond motifs is 1. The van der Waals surface area contributed by atoms with E-state index in [9.17, 15) is 14.4 Å². The van der Waals surface area contributed by atoms with Crippen molar-refractivity contribution in [2.75, 3.05) is 11.9 Å². The summed E-state index contributed by atoms with van der Waals surface area (Å²) in [6.07, 6.45) is -1.72. The van der Waals surface area contributed by atoms with Crippen LogP contribution in [0.4, 0.5) is 10.5 Å². The molecule has 1 aliphatic heterocycles. The average molecular weight is 513 g/mol. The van der Waals surface area contributed by atoms with Gasteiger partial charge in [-0.05, 0) is 32.4 Å². The van der Waals surface area contributed by atoms with E-state index < -0.39 is 35.7 Å². The number of likely N-dealkylation sites (N-methyl/N-ethyl adjacent to an activating group) is 1. The smallest absolute Gasteiger partial charge is 0.408 e. The Morgan fingerprint density at radius 1 is 0.947 bits per heavy atom. The van der Waals surface area contributed by atoms with Gasteiger partial charge in [0.1, 0.15) is 11.6 Å². The lowest BCUT2D eigenvalue weighted by Gasteiger charge is -2.25. The molecule has 0 aliphatic carbocycles. The summed E-state index contributed by atoms with van der Waals surface area (Å²) in [4.78, 5) is 45.9. The van der Waals surface area contributed by atoms with Crippen molar-refractivity contribution in [2.45, 2.75) is 45.0 Å².